The van der Waals surface area contributed by atoms with E-state index in [4.69, 9.17) is 6.42 Å². The van der Waals surface area contributed by atoms with E-state index < -0.39 is 0 Å². The Balaban J connectivity index is 1.96. The molecule has 1 amide bonds. The lowest BCUT2D eigenvalue weighted by molar-refractivity contribution is 0.0954. The fraction of sp³-hybridized carbons (Fsp3) is 0.0714. The number of aromatic nitrogens is 4. The lowest BCUT2D eigenvalue weighted by Gasteiger charge is -1.98. The molecule has 3 aromatic rings. The van der Waals surface area contributed by atoms with E-state index in [0.717, 1.165) is 22.3 Å². The molecule has 98 valence electrons. The first-order valence-corrected chi connectivity index (χ1v) is 5.98. The van der Waals surface area contributed by atoms with Crippen LogP contribution in [0.2, 0.25) is 0 Å². The van der Waals surface area contributed by atoms with Gasteiger partial charge in [0, 0.05) is 23.3 Å². The predicted octanol–water partition coefficient (Wildman–Crippen LogP) is 1.32. The van der Waals surface area contributed by atoms with Crippen LogP contribution in [-0.2, 0) is 0 Å². The van der Waals surface area contributed by atoms with Crippen LogP contribution in [0.25, 0.3) is 22.3 Å². The fourth-order valence-electron chi connectivity index (χ4n) is 1.99. The third kappa shape index (κ3) is 2.01. The summed E-state index contributed by atoms with van der Waals surface area (Å²) in [6.07, 6.45) is 10.1. The second-order valence-electron chi connectivity index (χ2n) is 4.15. The van der Waals surface area contributed by atoms with Gasteiger partial charge in [-0.05, 0) is 12.1 Å². The Morgan fingerprint density at radius 2 is 2.30 bits per heavy atom. The number of nitrogens with zero attached hydrogens (tertiary/aromatic N) is 2. The standard InChI is InChI=1S/C14H11N5O/c1-2-4-16-14(20)11-6-9(7-17-11)12-10-3-5-15-13(10)19-8-18-12/h1,3,5-8,17H,4H2,(H,16,20)(H,15,18,19). The molecule has 6 heteroatoms. The van der Waals surface area contributed by atoms with Gasteiger partial charge in [-0.2, -0.15) is 0 Å². The summed E-state index contributed by atoms with van der Waals surface area (Å²) in [6.45, 7) is 0.197. The van der Waals surface area contributed by atoms with E-state index in [9.17, 15) is 4.79 Å². The van der Waals surface area contributed by atoms with Gasteiger partial charge in [0.05, 0.1) is 12.2 Å². The molecule has 0 saturated heterocycles. The van der Waals surface area contributed by atoms with Crippen molar-refractivity contribution in [3.05, 3.63) is 36.5 Å². The molecule has 3 rings (SSSR count). The molecule has 0 unspecified atom stereocenters. The smallest absolute Gasteiger partial charge is 0.268 e. The van der Waals surface area contributed by atoms with E-state index in [2.05, 4.69) is 31.2 Å². The van der Waals surface area contributed by atoms with Gasteiger partial charge in [-0.15, -0.1) is 6.42 Å². The Morgan fingerprint density at radius 1 is 1.40 bits per heavy atom. The summed E-state index contributed by atoms with van der Waals surface area (Å²) in [7, 11) is 0. The Labute approximate surface area is 114 Å². The van der Waals surface area contributed by atoms with Crippen molar-refractivity contribution in [3.8, 4) is 23.6 Å². The topological polar surface area (TPSA) is 86.5 Å². The lowest BCUT2D eigenvalue weighted by Crippen LogP contribution is -2.23. The van der Waals surface area contributed by atoms with Gasteiger partial charge >= 0.3 is 0 Å². The molecular weight excluding hydrogens is 254 g/mol. The number of amides is 1. The van der Waals surface area contributed by atoms with Crippen LogP contribution < -0.4 is 5.32 Å². The summed E-state index contributed by atoms with van der Waals surface area (Å²) in [5.74, 6) is 2.11. The van der Waals surface area contributed by atoms with E-state index in [1.54, 1.807) is 18.5 Å². The molecule has 0 bridgehead atoms. The molecule has 0 aliphatic carbocycles. The SMILES string of the molecule is C#CCNC(=O)c1cc(-c2ncnc3[nH]ccc23)c[nH]1. The van der Waals surface area contributed by atoms with Gasteiger partial charge in [0.2, 0.25) is 0 Å². The van der Waals surface area contributed by atoms with Crippen molar-refractivity contribution in [1.29, 1.82) is 0 Å². The van der Waals surface area contributed by atoms with Crippen molar-refractivity contribution in [2.24, 2.45) is 0 Å². The largest absolute Gasteiger partial charge is 0.357 e. The van der Waals surface area contributed by atoms with Crippen LogP contribution in [0.15, 0.2) is 30.9 Å². The number of rotatable bonds is 3. The minimum absolute atomic E-state index is 0.197. The van der Waals surface area contributed by atoms with Crippen LogP contribution in [0.4, 0.5) is 0 Å². The quantitative estimate of drug-likeness (QED) is 0.624. The number of carbonyl (C=O) groups is 1. The Kier molecular flexibility index (Phi) is 2.94. The molecule has 0 aromatic carbocycles. The summed E-state index contributed by atoms with van der Waals surface area (Å²) in [5.41, 5.74) is 2.79. The Morgan fingerprint density at radius 3 is 3.15 bits per heavy atom. The zero-order valence-corrected chi connectivity index (χ0v) is 10.5. The van der Waals surface area contributed by atoms with Gasteiger partial charge in [0.1, 0.15) is 17.7 Å². The summed E-state index contributed by atoms with van der Waals surface area (Å²) >= 11 is 0. The maximum absolute atomic E-state index is 11.8. The van der Waals surface area contributed by atoms with Crippen molar-refractivity contribution < 1.29 is 4.79 Å². The first kappa shape index (κ1) is 12.0. The number of H-pyrrole nitrogens is 2. The van der Waals surface area contributed by atoms with Gasteiger partial charge in [-0.3, -0.25) is 4.79 Å². The van der Waals surface area contributed by atoms with Crippen LogP contribution in [0.3, 0.4) is 0 Å². The van der Waals surface area contributed by atoms with Crippen molar-refractivity contribution in [1.82, 2.24) is 25.3 Å². The highest BCUT2D eigenvalue weighted by Crippen LogP contribution is 2.25. The average Bonchev–Trinajstić information content (AvgIpc) is 3.12. The second kappa shape index (κ2) is 4.90. The molecule has 0 spiro atoms. The second-order valence-corrected chi connectivity index (χ2v) is 4.15. The molecule has 3 aromatic heterocycles. The van der Waals surface area contributed by atoms with Crippen molar-refractivity contribution in [2.75, 3.05) is 6.54 Å². The summed E-state index contributed by atoms with van der Waals surface area (Å²) < 4.78 is 0. The highest BCUT2D eigenvalue weighted by atomic mass is 16.1. The first-order chi connectivity index (χ1) is 9.79. The highest BCUT2D eigenvalue weighted by Gasteiger charge is 2.12. The number of hydrogen-bond acceptors (Lipinski definition) is 3. The van der Waals surface area contributed by atoms with Gasteiger partial charge in [0.15, 0.2) is 0 Å². The lowest BCUT2D eigenvalue weighted by atomic mass is 10.1. The van der Waals surface area contributed by atoms with Crippen molar-refractivity contribution in [2.45, 2.75) is 0 Å². The molecule has 6 nitrogen and oxygen atoms in total. The molecule has 3 N–H and O–H groups in total. The Bertz CT molecular complexity index is 808. The van der Waals surface area contributed by atoms with E-state index in [0.29, 0.717) is 5.69 Å². The van der Waals surface area contributed by atoms with Gasteiger partial charge in [-0.25, -0.2) is 9.97 Å². The van der Waals surface area contributed by atoms with E-state index in [-0.39, 0.29) is 12.5 Å². The molecule has 20 heavy (non-hydrogen) atoms. The molecule has 0 radical (unpaired) electrons. The van der Waals surface area contributed by atoms with Gasteiger partial charge in [-0.1, -0.05) is 5.92 Å². The molecule has 0 fully saturated rings. The minimum Gasteiger partial charge on any atom is -0.357 e. The monoisotopic (exact) mass is 265 g/mol. The average molecular weight is 265 g/mol. The predicted molar refractivity (Wildman–Crippen MR) is 74.8 cm³/mol. The Hall–Kier alpha value is -3.07. The number of fused-ring (bicyclic) bond motifs is 1. The van der Waals surface area contributed by atoms with Crippen LogP contribution in [-0.4, -0.2) is 32.4 Å². The highest BCUT2D eigenvalue weighted by molar-refractivity contribution is 5.96. The van der Waals surface area contributed by atoms with E-state index >= 15 is 0 Å². The van der Waals surface area contributed by atoms with Gasteiger partial charge < -0.3 is 15.3 Å². The number of carbonyl (C=O) groups excluding carboxylic acids is 1. The van der Waals surface area contributed by atoms with Crippen LogP contribution >= 0.6 is 0 Å². The van der Waals surface area contributed by atoms with E-state index in [1.807, 2.05) is 6.07 Å². The minimum atomic E-state index is -0.242. The fourth-order valence-corrected chi connectivity index (χ4v) is 1.99. The third-order valence-corrected chi connectivity index (χ3v) is 2.91. The van der Waals surface area contributed by atoms with Crippen LogP contribution in [0.1, 0.15) is 10.5 Å². The zero-order chi connectivity index (χ0) is 13.9. The number of nitrogens with one attached hydrogen (secondary N) is 3. The maximum atomic E-state index is 11.8. The molecule has 0 aliphatic heterocycles. The normalized spacial score (nSPS) is 10.3. The molecular formula is C14H11N5O. The number of hydrogen-bond donors (Lipinski definition) is 3. The molecule has 0 atom stereocenters. The maximum Gasteiger partial charge on any atom is 0.268 e. The first-order valence-electron chi connectivity index (χ1n) is 5.98. The number of aromatic amines is 2. The molecule has 3 heterocycles. The van der Waals surface area contributed by atoms with Crippen molar-refractivity contribution in [3.63, 3.8) is 0 Å². The van der Waals surface area contributed by atoms with Crippen LogP contribution in [0, 0.1) is 12.3 Å². The number of terminal acetylenes is 1. The van der Waals surface area contributed by atoms with Gasteiger partial charge in [0.25, 0.3) is 5.91 Å². The molecule has 0 saturated carbocycles. The van der Waals surface area contributed by atoms with Crippen molar-refractivity contribution >= 4 is 16.9 Å². The summed E-state index contributed by atoms with van der Waals surface area (Å²) in [6, 6.07) is 3.64. The molecule has 0 aliphatic rings. The summed E-state index contributed by atoms with van der Waals surface area (Å²) in [4.78, 5) is 26.1. The summed E-state index contributed by atoms with van der Waals surface area (Å²) in [5, 5.41) is 3.51. The third-order valence-electron chi connectivity index (χ3n) is 2.91. The van der Waals surface area contributed by atoms with Crippen LogP contribution in [0.5, 0.6) is 0 Å². The van der Waals surface area contributed by atoms with E-state index in [1.165, 1.54) is 6.33 Å². The zero-order valence-electron chi connectivity index (χ0n) is 10.5.